The average molecular weight is 458 g/mol. The predicted molar refractivity (Wildman–Crippen MR) is 132 cm³/mol. The van der Waals surface area contributed by atoms with Gasteiger partial charge in [-0.15, -0.1) is 0 Å². The van der Waals surface area contributed by atoms with Gasteiger partial charge < -0.3 is 15.0 Å². The minimum Gasteiger partial charge on any atom is -0.496 e. The molecule has 2 heterocycles. The van der Waals surface area contributed by atoms with Gasteiger partial charge in [-0.25, -0.2) is 0 Å². The number of piperidine rings is 1. The Morgan fingerprint density at radius 2 is 1.68 bits per heavy atom. The molecule has 6 nitrogen and oxygen atoms in total. The highest BCUT2D eigenvalue weighted by atomic mass is 16.5. The number of ether oxygens (including phenoxy) is 1. The number of carbonyl (C=O) groups excluding carboxylic acids is 2. The molecule has 176 valence electrons. The molecule has 34 heavy (non-hydrogen) atoms. The van der Waals surface area contributed by atoms with E-state index in [0.29, 0.717) is 36.5 Å². The van der Waals surface area contributed by atoms with Gasteiger partial charge in [0.25, 0.3) is 11.8 Å². The molecule has 1 saturated heterocycles. The number of rotatable bonds is 6. The summed E-state index contributed by atoms with van der Waals surface area (Å²) in [5.74, 6) is 0.573. The summed E-state index contributed by atoms with van der Waals surface area (Å²) in [5, 5.41) is 3.04. The van der Waals surface area contributed by atoms with Crippen LogP contribution in [0.5, 0.6) is 5.75 Å². The molecular formula is C28H31N3O3. The molecule has 1 fully saturated rings. The van der Waals surface area contributed by atoms with Crippen molar-refractivity contribution in [1.82, 2.24) is 15.2 Å². The summed E-state index contributed by atoms with van der Waals surface area (Å²) in [5.41, 5.74) is 5.16. The van der Waals surface area contributed by atoms with Gasteiger partial charge in [-0.2, -0.15) is 0 Å². The van der Waals surface area contributed by atoms with Gasteiger partial charge in [-0.1, -0.05) is 42.0 Å². The third-order valence-corrected chi connectivity index (χ3v) is 6.39. The van der Waals surface area contributed by atoms with Crippen LogP contribution < -0.4 is 10.1 Å². The minimum atomic E-state index is -0.115. The van der Waals surface area contributed by atoms with Crippen molar-refractivity contribution in [3.8, 4) is 5.75 Å². The second-order valence-electron chi connectivity index (χ2n) is 8.82. The number of hydrogen-bond acceptors (Lipinski definition) is 4. The summed E-state index contributed by atoms with van der Waals surface area (Å²) in [4.78, 5) is 32.7. The van der Waals surface area contributed by atoms with Crippen LogP contribution in [0.4, 0.5) is 0 Å². The lowest BCUT2D eigenvalue weighted by atomic mass is 9.89. The standard InChI is InChI=1S/C28H31N3O3/c1-19-8-11-21(12-9-19)18-29-27(32)24-13-10-20(2)30-26(24)22-14-16-31(17-15-22)28(33)23-6-4-5-7-25(23)34-3/h4-13,22H,14-18H2,1-3H3,(H,29,32). The van der Waals surface area contributed by atoms with E-state index in [9.17, 15) is 9.59 Å². The molecule has 1 aromatic heterocycles. The van der Waals surface area contributed by atoms with E-state index < -0.39 is 0 Å². The van der Waals surface area contributed by atoms with Crippen molar-refractivity contribution in [2.75, 3.05) is 20.2 Å². The van der Waals surface area contributed by atoms with Crippen LogP contribution in [-0.2, 0) is 6.54 Å². The van der Waals surface area contributed by atoms with Crippen molar-refractivity contribution in [3.63, 3.8) is 0 Å². The van der Waals surface area contributed by atoms with Crippen LogP contribution in [0.15, 0.2) is 60.7 Å². The average Bonchev–Trinajstić information content (AvgIpc) is 2.87. The van der Waals surface area contributed by atoms with Gasteiger partial charge in [0.2, 0.25) is 0 Å². The molecule has 3 aromatic rings. The molecule has 0 spiro atoms. The molecule has 0 radical (unpaired) electrons. The minimum absolute atomic E-state index is 0.0239. The monoisotopic (exact) mass is 457 g/mol. The molecule has 4 rings (SSSR count). The Hall–Kier alpha value is -3.67. The van der Waals surface area contributed by atoms with Crippen molar-refractivity contribution in [2.24, 2.45) is 0 Å². The Balaban J connectivity index is 1.44. The number of hydrogen-bond donors (Lipinski definition) is 1. The second-order valence-corrected chi connectivity index (χ2v) is 8.82. The number of amides is 2. The van der Waals surface area contributed by atoms with Gasteiger partial charge in [0.1, 0.15) is 5.75 Å². The van der Waals surface area contributed by atoms with Crippen LogP contribution in [0, 0.1) is 13.8 Å². The highest BCUT2D eigenvalue weighted by Crippen LogP contribution is 2.31. The lowest BCUT2D eigenvalue weighted by Crippen LogP contribution is -2.38. The van der Waals surface area contributed by atoms with E-state index in [4.69, 9.17) is 9.72 Å². The lowest BCUT2D eigenvalue weighted by molar-refractivity contribution is 0.0707. The topological polar surface area (TPSA) is 71.5 Å². The summed E-state index contributed by atoms with van der Waals surface area (Å²) >= 11 is 0. The summed E-state index contributed by atoms with van der Waals surface area (Å²) in [7, 11) is 1.58. The summed E-state index contributed by atoms with van der Waals surface area (Å²) < 4.78 is 5.36. The van der Waals surface area contributed by atoms with E-state index in [1.807, 2.05) is 67.3 Å². The predicted octanol–water partition coefficient (Wildman–Crippen LogP) is 4.66. The maximum Gasteiger partial charge on any atom is 0.257 e. The third-order valence-electron chi connectivity index (χ3n) is 6.39. The normalized spacial score (nSPS) is 14.0. The van der Waals surface area contributed by atoms with Gasteiger partial charge in [0, 0.05) is 31.2 Å². The van der Waals surface area contributed by atoms with E-state index in [2.05, 4.69) is 5.32 Å². The fourth-order valence-electron chi connectivity index (χ4n) is 4.41. The fraction of sp³-hybridized carbons (Fsp3) is 0.321. The SMILES string of the molecule is COc1ccccc1C(=O)N1CCC(c2nc(C)ccc2C(=O)NCc2ccc(C)cc2)CC1. The van der Waals surface area contributed by atoms with E-state index in [1.54, 1.807) is 19.2 Å². The van der Waals surface area contributed by atoms with E-state index in [-0.39, 0.29) is 17.7 Å². The van der Waals surface area contributed by atoms with Crippen molar-refractivity contribution in [1.29, 1.82) is 0 Å². The first kappa shape index (κ1) is 23.5. The summed E-state index contributed by atoms with van der Waals surface area (Å²) in [6.07, 6.45) is 1.52. The summed E-state index contributed by atoms with van der Waals surface area (Å²) in [6.45, 7) is 5.68. The molecule has 2 amide bonds. The molecular weight excluding hydrogens is 426 g/mol. The smallest absolute Gasteiger partial charge is 0.257 e. The molecule has 1 aliphatic heterocycles. The van der Waals surface area contributed by atoms with Crippen LogP contribution in [0.25, 0.3) is 0 Å². The number of pyridine rings is 1. The van der Waals surface area contributed by atoms with Gasteiger partial charge >= 0.3 is 0 Å². The number of aromatic nitrogens is 1. The van der Waals surface area contributed by atoms with Crippen molar-refractivity contribution >= 4 is 11.8 Å². The van der Waals surface area contributed by atoms with Crippen LogP contribution >= 0.6 is 0 Å². The van der Waals surface area contributed by atoms with Crippen LogP contribution in [0.2, 0.25) is 0 Å². The molecule has 0 aliphatic carbocycles. The van der Waals surface area contributed by atoms with Crippen LogP contribution in [-0.4, -0.2) is 41.9 Å². The van der Waals surface area contributed by atoms with Crippen LogP contribution in [0.1, 0.15) is 62.0 Å². The molecule has 1 N–H and O–H groups in total. The third kappa shape index (κ3) is 5.28. The molecule has 0 saturated carbocycles. The Morgan fingerprint density at radius 3 is 2.38 bits per heavy atom. The largest absolute Gasteiger partial charge is 0.496 e. The number of aryl methyl sites for hydroxylation is 2. The highest BCUT2D eigenvalue weighted by molar-refractivity contribution is 5.97. The van der Waals surface area contributed by atoms with Crippen molar-refractivity contribution in [2.45, 2.75) is 39.2 Å². The summed E-state index contributed by atoms with van der Waals surface area (Å²) in [6, 6.07) is 19.2. The lowest BCUT2D eigenvalue weighted by Gasteiger charge is -2.32. The molecule has 0 unspecified atom stereocenters. The number of methoxy groups -OCH3 is 1. The van der Waals surface area contributed by atoms with Gasteiger partial charge in [-0.3, -0.25) is 14.6 Å². The van der Waals surface area contributed by atoms with Gasteiger partial charge in [0.05, 0.1) is 23.9 Å². The first-order valence-electron chi connectivity index (χ1n) is 11.7. The molecule has 2 aromatic carbocycles. The molecule has 6 heteroatoms. The van der Waals surface area contributed by atoms with Gasteiger partial charge in [-0.05, 0) is 56.5 Å². The number of carbonyl (C=O) groups is 2. The first-order chi connectivity index (χ1) is 16.5. The van der Waals surface area contributed by atoms with Crippen LogP contribution in [0.3, 0.4) is 0 Å². The van der Waals surface area contributed by atoms with E-state index >= 15 is 0 Å². The maximum atomic E-state index is 13.1. The number of nitrogens with one attached hydrogen (secondary N) is 1. The van der Waals surface area contributed by atoms with Gasteiger partial charge in [0.15, 0.2) is 0 Å². The Bertz CT molecular complexity index is 1170. The zero-order chi connectivity index (χ0) is 24.1. The molecule has 1 aliphatic rings. The zero-order valence-corrected chi connectivity index (χ0v) is 20.0. The number of benzene rings is 2. The van der Waals surface area contributed by atoms with E-state index in [1.165, 1.54) is 5.56 Å². The maximum absolute atomic E-state index is 13.1. The van der Waals surface area contributed by atoms with Crippen molar-refractivity contribution in [3.05, 3.63) is 94.3 Å². The second kappa shape index (κ2) is 10.5. The molecule has 0 bridgehead atoms. The zero-order valence-electron chi connectivity index (χ0n) is 20.0. The van der Waals surface area contributed by atoms with E-state index in [0.717, 1.165) is 29.8 Å². The Morgan fingerprint density at radius 1 is 0.971 bits per heavy atom. The Kier molecular flexibility index (Phi) is 7.26. The number of likely N-dealkylation sites (tertiary alicyclic amines) is 1. The Labute approximate surface area is 201 Å². The fourth-order valence-corrected chi connectivity index (χ4v) is 4.41. The van der Waals surface area contributed by atoms with Crippen molar-refractivity contribution < 1.29 is 14.3 Å². The molecule has 0 atom stereocenters. The first-order valence-corrected chi connectivity index (χ1v) is 11.7. The highest BCUT2D eigenvalue weighted by Gasteiger charge is 2.29. The number of para-hydroxylation sites is 1. The number of nitrogens with zero attached hydrogens (tertiary/aromatic N) is 2. The quantitative estimate of drug-likeness (QED) is 0.585.